The summed E-state index contributed by atoms with van der Waals surface area (Å²) in [6, 6.07) is 1.27. The first-order valence-electron chi connectivity index (χ1n) is 6.80. The third-order valence-electron chi connectivity index (χ3n) is 4.04. The molecule has 0 bridgehead atoms. The van der Waals surface area contributed by atoms with E-state index < -0.39 is 26.6 Å². The Kier molecular flexibility index (Phi) is 4.75. The van der Waals surface area contributed by atoms with E-state index in [0.717, 1.165) is 25.3 Å². The van der Waals surface area contributed by atoms with Gasteiger partial charge in [-0.15, -0.1) is 0 Å². The molecular weight excluding hydrogens is 364 g/mol. The van der Waals surface area contributed by atoms with E-state index in [1.807, 2.05) is 13.8 Å². The van der Waals surface area contributed by atoms with Crippen molar-refractivity contribution < 1.29 is 17.2 Å². The third-order valence-corrected chi connectivity index (χ3v) is 6.47. The van der Waals surface area contributed by atoms with Crippen LogP contribution in [0.3, 0.4) is 0 Å². The van der Waals surface area contributed by atoms with Gasteiger partial charge in [0.1, 0.15) is 16.5 Å². The Bertz CT molecular complexity index is 623. The summed E-state index contributed by atoms with van der Waals surface area (Å²) >= 11 is 2.93. The van der Waals surface area contributed by atoms with E-state index in [1.54, 1.807) is 0 Å². The minimum absolute atomic E-state index is 0.110. The van der Waals surface area contributed by atoms with E-state index in [4.69, 9.17) is 0 Å². The summed E-state index contributed by atoms with van der Waals surface area (Å²) in [5.41, 5.74) is -0.186. The molecule has 1 aromatic rings. The van der Waals surface area contributed by atoms with Crippen molar-refractivity contribution in [3.63, 3.8) is 0 Å². The van der Waals surface area contributed by atoms with Gasteiger partial charge in [-0.3, -0.25) is 0 Å². The van der Waals surface area contributed by atoms with Gasteiger partial charge in [0.15, 0.2) is 0 Å². The van der Waals surface area contributed by atoms with Crippen LogP contribution in [0.1, 0.15) is 39.5 Å². The molecule has 1 unspecified atom stereocenters. The van der Waals surface area contributed by atoms with E-state index in [-0.39, 0.29) is 15.9 Å². The fourth-order valence-corrected chi connectivity index (χ4v) is 5.35. The Morgan fingerprint density at radius 3 is 2.52 bits per heavy atom. The summed E-state index contributed by atoms with van der Waals surface area (Å²) in [5, 5.41) is 0. The molecule has 2 rings (SSSR count). The molecule has 3 nitrogen and oxygen atoms in total. The van der Waals surface area contributed by atoms with Gasteiger partial charge in [-0.1, -0.05) is 26.7 Å². The average Bonchev–Trinajstić information content (AvgIpc) is 2.29. The van der Waals surface area contributed by atoms with Crippen molar-refractivity contribution in [1.82, 2.24) is 4.72 Å². The maximum absolute atomic E-state index is 13.9. The van der Waals surface area contributed by atoms with Crippen LogP contribution in [0.15, 0.2) is 21.5 Å². The minimum atomic E-state index is -4.05. The van der Waals surface area contributed by atoms with Crippen molar-refractivity contribution in [3.8, 4) is 0 Å². The standard InChI is InChI=1S/C14H18BrF2NO2S/c1-14(2)6-4-3-5-12(14)18-21(19,20)13-10(15)7-9(16)8-11(13)17/h7-8,12,18H,3-6H2,1-2H3. The molecule has 118 valence electrons. The van der Waals surface area contributed by atoms with E-state index in [9.17, 15) is 17.2 Å². The molecule has 0 saturated heterocycles. The van der Waals surface area contributed by atoms with Gasteiger partial charge < -0.3 is 0 Å². The molecule has 1 saturated carbocycles. The number of nitrogens with one attached hydrogen (secondary N) is 1. The van der Waals surface area contributed by atoms with Crippen molar-refractivity contribution in [3.05, 3.63) is 28.2 Å². The molecule has 0 heterocycles. The number of benzene rings is 1. The SMILES string of the molecule is CC1(C)CCCCC1NS(=O)(=O)c1c(F)cc(F)cc1Br. The van der Waals surface area contributed by atoms with Gasteiger partial charge in [-0.2, -0.15) is 0 Å². The van der Waals surface area contributed by atoms with E-state index >= 15 is 0 Å². The summed E-state index contributed by atoms with van der Waals surface area (Å²) in [6.45, 7) is 3.99. The monoisotopic (exact) mass is 381 g/mol. The second-order valence-corrected chi connectivity index (χ2v) is 8.61. The maximum Gasteiger partial charge on any atom is 0.244 e. The van der Waals surface area contributed by atoms with Gasteiger partial charge in [-0.25, -0.2) is 21.9 Å². The highest BCUT2D eigenvalue weighted by atomic mass is 79.9. The van der Waals surface area contributed by atoms with Crippen molar-refractivity contribution >= 4 is 26.0 Å². The number of hydrogen-bond acceptors (Lipinski definition) is 2. The van der Waals surface area contributed by atoms with Crippen LogP contribution in [-0.2, 0) is 10.0 Å². The normalized spacial score (nSPS) is 22.2. The van der Waals surface area contributed by atoms with Gasteiger partial charge in [0, 0.05) is 16.6 Å². The predicted molar refractivity (Wildman–Crippen MR) is 80.4 cm³/mol. The van der Waals surface area contributed by atoms with Crippen molar-refractivity contribution in [2.75, 3.05) is 0 Å². The van der Waals surface area contributed by atoms with Gasteiger partial charge in [-0.05, 0) is 40.3 Å². The highest BCUT2D eigenvalue weighted by Gasteiger charge is 2.36. The second kappa shape index (κ2) is 5.93. The fraction of sp³-hybridized carbons (Fsp3) is 0.571. The molecule has 0 radical (unpaired) electrons. The van der Waals surface area contributed by atoms with E-state index in [1.165, 1.54) is 0 Å². The Labute approximate surface area is 132 Å². The zero-order valence-electron chi connectivity index (χ0n) is 11.9. The molecular formula is C14H18BrF2NO2S. The van der Waals surface area contributed by atoms with Crippen molar-refractivity contribution in [1.29, 1.82) is 0 Å². The zero-order valence-corrected chi connectivity index (χ0v) is 14.3. The Balaban J connectivity index is 2.35. The first-order valence-corrected chi connectivity index (χ1v) is 9.08. The second-order valence-electron chi connectivity index (χ2n) is 6.11. The van der Waals surface area contributed by atoms with Gasteiger partial charge >= 0.3 is 0 Å². The maximum atomic E-state index is 13.9. The van der Waals surface area contributed by atoms with Crippen molar-refractivity contribution in [2.24, 2.45) is 5.41 Å². The van der Waals surface area contributed by atoms with Crippen molar-refractivity contribution in [2.45, 2.75) is 50.5 Å². The third kappa shape index (κ3) is 3.63. The lowest BCUT2D eigenvalue weighted by molar-refractivity contribution is 0.188. The molecule has 1 aliphatic carbocycles. The average molecular weight is 382 g/mol. The van der Waals surface area contributed by atoms with E-state index in [0.29, 0.717) is 12.5 Å². The van der Waals surface area contributed by atoms with E-state index in [2.05, 4.69) is 20.7 Å². The summed E-state index contributed by atoms with van der Waals surface area (Å²) in [6.07, 6.45) is 3.61. The van der Waals surface area contributed by atoms with Crippen LogP contribution in [0.4, 0.5) is 8.78 Å². The highest BCUT2D eigenvalue weighted by molar-refractivity contribution is 9.10. The largest absolute Gasteiger partial charge is 0.244 e. The van der Waals surface area contributed by atoms with Crippen LogP contribution in [0.5, 0.6) is 0 Å². The molecule has 1 N–H and O–H groups in total. The Morgan fingerprint density at radius 1 is 1.29 bits per heavy atom. The summed E-state index contributed by atoms with van der Waals surface area (Å²) in [7, 11) is -4.05. The van der Waals surface area contributed by atoms with Crippen LogP contribution < -0.4 is 4.72 Å². The molecule has 21 heavy (non-hydrogen) atoms. The smallest absolute Gasteiger partial charge is 0.207 e. The lowest BCUT2D eigenvalue weighted by atomic mass is 9.74. The molecule has 0 amide bonds. The summed E-state index contributed by atoms with van der Waals surface area (Å²) in [5.74, 6) is -1.92. The van der Waals surface area contributed by atoms with Crippen LogP contribution in [0.2, 0.25) is 0 Å². The van der Waals surface area contributed by atoms with Crippen LogP contribution in [-0.4, -0.2) is 14.5 Å². The Morgan fingerprint density at radius 2 is 1.95 bits per heavy atom. The highest BCUT2D eigenvalue weighted by Crippen LogP contribution is 2.37. The molecule has 7 heteroatoms. The lowest BCUT2D eigenvalue weighted by Gasteiger charge is -2.38. The van der Waals surface area contributed by atoms with Gasteiger partial charge in [0.05, 0.1) is 0 Å². The molecule has 1 aromatic carbocycles. The number of halogens is 3. The molecule has 0 spiro atoms. The summed E-state index contributed by atoms with van der Waals surface area (Å²) < 4.78 is 54.3. The van der Waals surface area contributed by atoms with Gasteiger partial charge in [0.25, 0.3) is 0 Å². The molecule has 1 fully saturated rings. The van der Waals surface area contributed by atoms with Crippen LogP contribution in [0.25, 0.3) is 0 Å². The first kappa shape index (κ1) is 16.8. The predicted octanol–water partition coefficient (Wildman–Crippen LogP) is 3.97. The molecule has 1 atom stereocenters. The molecule has 0 aliphatic heterocycles. The van der Waals surface area contributed by atoms with Gasteiger partial charge in [0.2, 0.25) is 10.0 Å². The fourth-order valence-electron chi connectivity index (χ4n) is 2.74. The minimum Gasteiger partial charge on any atom is -0.207 e. The quantitative estimate of drug-likeness (QED) is 0.860. The number of rotatable bonds is 3. The first-order chi connectivity index (χ1) is 9.63. The number of hydrogen-bond donors (Lipinski definition) is 1. The lowest BCUT2D eigenvalue weighted by Crippen LogP contribution is -2.46. The zero-order chi connectivity index (χ0) is 15.8. The van der Waals surface area contributed by atoms with Crippen LogP contribution in [0, 0.1) is 17.0 Å². The topological polar surface area (TPSA) is 46.2 Å². The molecule has 1 aliphatic rings. The Hall–Kier alpha value is -0.530. The molecule has 0 aromatic heterocycles. The number of sulfonamides is 1. The summed E-state index contributed by atoms with van der Waals surface area (Å²) in [4.78, 5) is -0.537. The van der Waals surface area contributed by atoms with Crippen LogP contribution >= 0.6 is 15.9 Å².